The van der Waals surface area contributed by atoms with E-state index >= 15 is 0 Å². The van der Waals surface area contributed by atoms with Gasteiger partial charge in [0.2, 0.25) is 12.4 Å². The van der Waals surface area contributed by atoms with Gasteiger partial charge in [0.1, 0.15) is 11.4 Å². The number of nitrogen functional groups attached to an aromatic ring is 1. The molecule has 2 amide bonds. The largest absolute Gasteiger partial charge is 0.444 e. The lowest BCUT2D eigenvalue weighted by Gasteiger charge is -2.30. The predicted octanol–water partition coefficient (Wildman–Crippen LogP) is 2.77. The van der Waals surface area contributed by atoms with E-state index in [0.29, 0.717) is 12.0 Å². The Labute approximate surface area is 190 Å². The minimum absolute atomic E-state index is 0.180. The van der Waals surface area contributed by atoms with Crippen molar-refractivity contribution in [2.45, 2.75) is 84.0 Å². The first-order valence-electron chi connectivity index (χ1n) is 11.0. The van der Waals surface area contributed by atoms with Crippen molar-refractivity contribution in [2.24, 2.45) is 5.92 Å². The number of carbonyl (C=O) groups is 2. The number of nitrogens with zero attached hydrogens (tertiary/aromatic N) is 3. The van der Waals surface area contributed by atoms with Crippen LogP contribution >= 0.6 is 0 Å². The van der Waals surface area contributed by atoms with Gasteiger partial charge >= 0.3 is 6.09 Å². The number of nitrogens with one attached hydrogen (secondary N) is 2. The normalized spacial score (nSPS) is 19.3. The summed E-state index contributed by atoms with van der Waals surface area (Å²) in [6, 6.07) is 0.952. The van der Waals surface area contributed by atoms with Crippen molar-refractivity contribution >= 4 is 24.3 Å². The summed E-state index contributed by atoms with van der Waals surface area (Å²) in [4.78, 5) is 31.4. The van der Waals surface area contributed by atoms with E-state index in [1.165, 1.54) is 12.8 Å². The van der Waals surface area contributed by atoms with Crippen LogP contribution in [0.1, 0.15) is 65.9 Å². The fourth-order valence-corrected chi connectivity index (χ4v) is 2.71. The number of aromatic nitrogens is 2. The first-order chi connectivity index (χ1) is 15.0. The second-order valence-electron chi connectivity index (χ2n) is 9.51. The number of hydrogen-bond acceptors (Lipinski definition) is 7. The molecule has 9 nitrogen and oxygen atoms in total. The van der Waals surface area contributed by atoms with Crippen LogP contribution in [0.2, 0.25) is 0 Å². The lowest BCUT2D eigenvalue weighted by Crippen LogP contribution is -2.39. The molecule has 0 radical (unpaired) electrons. The van der Waals surface area contributed by atoms with E-state index in [-0.39, 0.29) is 24.1 Å². The number of nitrogens with two attached hydrogens (primary N) is 1. The molecule has 2 aliphatic carbocycles. The van der Waals surface area contributed by atoms with Gasteiger partial charge in [-0.05, 0) is 60.3 Å². The van der Waals surface area contributed by atoms with Crippen molar-refractivity contribution in [3.8, 4) is 11.8 Å². The molecule has 1 aromatic rings. The summed E-state index contributed by atoms with van der Waals surface area (Å²) >= 11 is 0. The SMILES string of the molecule is CC(C)N(C)C(=O)OC(C)(C)C.Nc1ncc(C#CC2CC(NC=O)C2)c(NC2CC2)n1. The summed E-state index contributed by atoms with van der Waals surface area (Å²) in [6.07, 6.45) is 6.30. The standard InChI is InChI=1S/C14H17N5O.C9H19NO2/c15-14-16-7-10(13(19-14)18-11-3-4-11)2-1-9-5-12(6-9)17-8-20;1-7(2)10(6)8(11)12-9(3,4)5/h7-9,11-12H,3-6H2,(H,17,20)(H3,15,16,18,19);7H,1-6H3. The number of ether oxygens (including phenoxy) is 1. The smallest absolute Gasteiger partial charge is 0.410 e. The predicted molar refractivity (Wildman–Crippen MR) is 125 cm³/mol. The van der Waals surface area contributed by atoms with Gasteiger partial charge in [-0.3, -0.25) is 4.79 Å². The third-order valence-corrected chi connectivity index (χ3v) is 5.03. The van der Waals surface area contributed by atoms with E-state index in [1.807, 2.05) is 34.6 Å². The van der Waals surface area contributed by atoms with E-state index in [1.54, 1.807) is 18.1 Å². The first kappa shape index (κ1) is 25.2. The van der Waals surface area contributed by atoms with Crippen LogP contribution < -0.4 is 16.4 Å². The van der Waals surface area contributed by atoms with Crippen molar-refractivity contribution in [2.75, 3.05) is 18.1 Å². The molecule has 3 rings (SSSR count). The van der Waals surface area contributed by atoms with Crippen LogP contribution in [-0.2, 0) is 9.53 Å². The highest BCUT2D eigenvalue weighted by molar-refractivity contribution is 5.68. The molecular formula is C23H36N6O3. The highest BCUT2D eigenvalue weighted by Gasteiger charge is 2.27. The van der Waals surface area contributed by atoms with Crippen molar-refractivity contribution in [1.82, 2.24) is 20.2 Å². The molecule has 2 aliphatic rings. The molecule has 176 valence electrons. The van der Waals surface area contributed by atoms with Crippen molar-refractivity contribution < 1.29 is 14.3 Å². The second-order valence-corrected chi connectivity index (χ2v) is 9.51. The third-order valence-electron chi connectivity index (χ3n) is 5.03. The molecular weight excluding hydrogens is 408 g/mol. The number of rotatable bonds is 5. The van der Waals surface area contributed by atoms with Gasteiger partial charge in [-0.15, -0.1) is 0 Å². The maximum atomic E-state index is 11.3. The van der Waals surface area contributed by atoms with E-state index in [4.69, 9.17) is 10.5 Å². The summed E-state index contributed by atoms with van der Waals surface area (Å²) in [5, 5.41) is 6.08. The Morgan fingerprint density at radius 3 is 2.50 bits per heavy atom. The van der Waals surface area contributed by atoms with E-state index in [2.05, 4.69) is 32.4 Å². The Morgan fingerprint density at radius 1 is 1.31 bits per heavy atom. The minimum atomic E-state index is -0.403. The van der Waals surface area contributed by atoms with Gasteiger partial charge in [0.25, 0.3) is 0 Å². The number of anilines is 2. The Morgan fingerprint density at radius 2 is 1.97 bits per heavy atom. The molecule has 2 fully saturated rings. The zero-order chi connectivity index (χ0) is 23.9. The average molecular weight is 445 g/mol. The van der Waals surface area contributed by atoms with Gasteiger partial charge in [-0.1, -0.05) is 11.8 Å². The van der Waals surface area contributed by atoms with Crippen molar-refractivity contribution in [3.05, 3.63) is 11.8 Å². The van der Waals surface area contributed by atoms with Crippen molar-refractivity contribution in [1.29, 1.82) is 0 Å². The third kappa shape index (κ3) is 8.61. The number of amides is 2. The molecule has 0 spiro atoms. The Kier molecular flexibility index (Phi) is 8.70. The van der Waals surface area contributed by atoms with Crippen LogP contribution in [-0.4, -0.2) is 58.1 Å². The number of carbonyl (C=O) groups excluding carboxylic acids is 2. The lowest BCUT2D eigenvalue weighted by atomic mass is 9.81. The molecule has 9 heteroatoms. The molecule has 1 heterocycles. The van der Waals surface area contributed by atoms with E-state index in [9.17, 15) is 9.59 Å². The van der Waals surface area contributed by atoms with Crippen LogP contribution in [0.4, 0.5) is 16.6 Å². The summed E-state index contributed by atoms with van der Waals surface area (Å²) in [6.45, 7) is 9.48. The summed E-state index contributed by atoms with van der Waals surface area (Å²) in [5.41, 5.74) is 6.00. The lowest BCUT2D eigenvalue weighted by molar-refractivity contribution is -0.110. The van der Waals surface area contributed by atoms with Crippen LogP contribution in [0.3, 0.4) is 0 Å². The zero-order valence-electron chi connectivity index (χ0n) is 19.9. The molecule has 0 saturated heterocycles. The fraction of sp³-hybridized carbons (Fsp3) is 0.652. The molecule has 0 bridgehead atoms. The molecule has 0 atom stereocenters. The average Bonchev–Trinajstić information content (AvgIpc) is 3.47. The molecule has 32 heavy (non-hydrogen) atoms. The molecule has 0 unspecified atom stereocenters. The second kappa shape index (κ2) is 11.0. The first-order valence-corrected chi connectivity index (χ1v) is 11.0. The minimum Gasteiger partial charge on any atom is -0.444 e. The van der Waals surface area contributed by atoms with Gasteiger partial charge in [-0.25, -0.2) is 9.78 Å². The molecule has 2 saturated carbocycles. The topological polar surface area (TPSA) is 122 Å². The van der Waals surface area contributed by atoms with E-state index < -0.39 is 5.60 Å². The van der Waals surface area contributed by atoms with Gasteiger partial charge in [0.15, 0.2) is 0 Å². The summed E-state index contributed by atoms with van der Waals surface area (Å²) in [7, 11) is 1.73. The highest BCUT2D eigenvalue weighted by Crippen LogP contribution is 2.27. The maximum Gasteiger partial charge on any atom is 0.410 e. The van der Waals surface area contributed by atoms with Crippen LogP contribution in [0, 0.1) is 17.8 Å². The molecule has 4 N–H and O–H groups in total. The Hall–Kier alpha value is -3.02. The fourth-order valence-electron chi connectivity index (χ4n) is 2.71. The van der Waals surface area contributed by atoms with Gasteiger partial charge in [-0.2, -0.15) is 4.98 Å². The van der Waals surface area contributed by atoms with Crippen molar-refractivity contribution in [3.63, 3.8) is 0 Å². The zero-order valence-corrected chi connectivity index (χ0v) is 19.9. The summed E-state index contributed by atoms with van der Waals surface area (Å²) in [5.74, 6) is 7.66. The maximum absolute atomic E-state index is 11.3. The van der Waals surface area contributed by atoms with Gasteiger partial charge in [0, 0.05) is 31.1 Å². The van der Waals surface area contributed by atoms with E-state index in [0.717, 1.165) is 30.6 Å². The van der Waals surface area contributed by atoms with Gasteiger partial charge < -0.3 is 26.0 Å². The molecule has 0 aromatic carbocycles. The Balaban J connectivity index is 0.000000262. The van der Waals surface area contributed by atoms with Crippen LogP contribution in [0.25, 0.3) is 0 Å². The molecule has 0 aliphatic heterocycles. The molecule has 1 aromatic heterocycles. The number of hydrogen-bond donors (Lipinski definition) is 3. The summed E-state index contributed by atoms with van der Waals surface area (Å²) < 4.78 is 5.15. The van der Waals surface area contributed by atoms with Gasteiger partial charge in [0.05, 0.1) is 11.8 Å². The van der Waals surface area contributed by atoms with Crippen LogP contribution in [0.5, 0.6) is 0 Å². The van der Waals surface area contributed by atoms with Crippen LogP contribution in [0.15, 0.2) is 6.20 Å². The monoisotopic (exact) mass is 444 g/mol. The quantitative estimate of drug-likeness (QED) is 0.471. The Bertz CT molecular complexity index is 846. The highest BCUT2D eigenvalue weighted by atomic mass is 16.6.